The van der Waals surface area contributed by atoms with E-state index in [0.717, 1.165) is 13.0 Å². The Morgan fingerprint density at radius 1 is 1.80 bits per heavy atom. The molecule has 3 N–H and O–H groups in total. The first kappa shape index (κ1) is 7.54. The topological polar surface area (TPSA) is 55.1 Å². The lowest BCUT2D eigenvalue weighted by Gasteiger charge is -2.02. The number of amides is 1. The zero-order valence-electron chi connectivity index (χ0n) is 6.26. The maximum absolute atomic E-state index is 10.5. The zero-order valence-corrected chi connectivity index (χ0v) is 6.26. The summed E-state index contributed by atoms with van der Waals surface area (Å²) in [6.07, 6.45) is 1.63. The quantitative estimate of drug-likeness (QED) is 0.564. The van der Waals surface area contributed by atoms with Gasteiger partial charge < -0.3 is 11.1 Å². The van der Waals surface area contributed by atoms with E-state index in [0.29, 0.717) is 18.4 Å². The highest BCUT2D eigenvalue weighted by atomic mass is 16.1. The van der Waals surface area contributed by atoms with E-state index in [1.807, 2.05) is 0 Å². The molecule has 0 bridgehead atoms. The van der Waals surface area contributed by atoms with E-state index in [-0.39, 0.29) is 5.91 Å². The molecule has 1 heterocycles. The predicted molar refractivity (Wildman–Crippen MR) is 39.4 cm³/mol. The van der Waals surface area contributed by atoms with Crippen LogP contribution in [0.3, 0.4) is 0 Å². The average Bonchev–Trinajstić information content (AvgIpc) is 2.13. The third kappa shape index (κ3) is 1.99. The third-order valence-corrected chi connectivity index (χ3v) is 1.93. The molecule has 1 fully saturated rings. The number of carbonyl (C=O) groups excluding carboxylic acids is 1. The smallest absolute Gasteiger partial charge is 0.217 e. The summed E-state index contributed by atoms with van der Waals surface area (Å²) in [5.41, 5.74) is 5.05. The van der Waals surface area contributed by atoms with Crippen LogP contribution in [-0.4, -0.2) is 18.5 Å². The highest BCUT2D eigenvalue weighted by Gasteiger charge is 2.21. The van der Waals surface area contributed by atoms with Crippen LogP contribution < -0.4 is 11.1 Å². The Labute approximate surface area is 61.0 Å². The molecule has 3 nitrogen and oxygen atoms in total. The normalized spacial score (nSPS) is 32.5. The summed E-state index contributed by atoms with van der Waals surface area (Å²) in [6.45, 7) is 3.07. The Hall–Kier alpha value is -0.570. The molecule has 58 valence electrons. The van der Waals surface area contributed by atoms with Crippen LogP contribution in [0.1, 0.15) is 19.8 Å². The summed E-state index contributed by atoms with van der Waals surface area (Å²) in [6, 6.07) is 0.560. The second-order valence-corrected chi connectivity index (χ2v) is 3.08. The highest BCUT2D eigenvalue weighted by molar-refractivity contribution is 5.74. The van der Waals surface area contributed by atoms with Crippen LogP contribution >= 0.6 is 0 Å². The minimum absolute atomic E-state index is 0.180. The molecular formula is C7H14N2O. The zero-order chi connectivity index (χ0) is 7.56. The van der Waals surface area contributed by atoms with Crippen LogP contribution in [0, 0.1) is 5.92 Å². The molecule has 1 aliphatic rings. The highest BCUT2D eigenvalue weighted by Crippen LogP contribution is 2.16. The SMILES string of the molecule is CC1CC(CC(N)=O)CN1. The fraction of sp³-hybridized carbons (Fsp3) is 0.857. The summed E-state index contributed by atoms with van der Waals surface area (Å²) in [4.78, 5) is 10.5. The van der Waals surface area contributed by atoms with E-state index in [1.165, 1.54) is 0 Å². The van der Waals surface area contributed by atoms with Gasteiger partial charge in [-0.3, -0.25) is 4.79 Å². The van der Waals surface area contributed by atoms with Crippen molar-refractivity contribution in [2.24, 2.45) is 11.7 Å². The van der Waals surface area contributed by atoms with Gasteiger partial charge in [0.15, 0.2) is 0 Å². The predicted octanol–water partition coefficient (Wildman–Crippen LogP) is -0.140. The number of nitrogens with one attached hydrogen (secondary N) is 1. The molecule has 0 saturated carbocycles. The van der Waals surface area contributed by atoms with Crippen molar-refractivity contribution in [3.05, 3.63) is 0 Å². The van der Waals surface area contributed by atoms with Gasteiger partial charge >= 0.3 is 0 Å². The number of primary amides is 1. The van der Waals surface area contributed by atoms with E-state index >= 15 is 0 Å². The van der Waals surface area contributed by atoms with Crippen molar-refractivity contribution >= 4 is 5.91 Å². The largest absolute Gasteiger partial charge is 0.370 e. The molecule has 1 rings (SSSR count). The molecular weight excluding hydrogens is 128 g/mol. The maximum atomic E-state index is 10.5. The minimum Gasteiger partial charge on any atom is -0.370 e. The van der Waals surface area contributed by atoms with Crippen molar-refractivity contribution in [1.82, 2.24) is 5.32 Å². The van der Waals surface area contributed by atoms with Crippen molar-refractivity contribution in [3.63, 3.8) is 0 Å². The summed E-state index contributed by atoms with van der Waals surface area (Å²) < 4.78 is 0. The van der Waals surface area contributed by atoms with Crippen molar-refractivity contribution in [2.45, 2.75) is 25.8 Å². The number of nitrogens with two attached hydrogens (primary N) is 1. The second-order valence-electron chi connectivity index (χ2n) is 3.08. The van der Waals surface area contributed by atoms with Gasteiger partial charge in [0.05, 0.1) is 0 Å². The number of hydrogen-bond acceptors (Lipinski definition) is 2. The average molecular weight is 142 g/mol. The van der Waals surface area contributed by atoms with Crippen molar-refractivity contribution in [3.8, 4) is 0 Å². The Bertz CT molecular complexity index is 136. The maximum Gasteiger partial charge on any atom is 0.217 e. The number of rotatable bonds is 2. The van der Waals surface area contributed by atoms with Gasteiger partial charge in [0.2, 0.25) is 5.91 Å². The second kappa shape index (κ2) is 3.01. The molecule has 10 heavy (non-hydrogen) atoms. The van der Waals surface area contributed by atoms with Crippen LogP contribution in [0.15, 0.2) is 0 Å². The van der Waals surface area contributed by atoms with E-state index in [1.54, 1.807) is 0 Å². The van der Waals surface area contributed by atoms with Crippen LogP contribution in [0.25, 0.3) is 0 Å². The molecule has 1 saturated heterocycles. The van der Waals surface area contributed by atoms with Gasteiger partial charge in [-0.15, -0.1) is 0 Å². The van der Waals surface area contributed by atoms with Gasteiger partial charge in [-0.25, -0.2) is 0 Å². The molecule has 3 heteroatoms. The van der Waals surface area contributed by atoms with E-state index in [4.69, 9.17) is 5.73 Å². The van der Waals surface area contributed by atoms with E-state index < -0.39 is 0 Å². The first-order chi connectivity index (χ1) is 4.68. The van der Waals surface area contributed by atoms with Crippen molar-refractivity contribution in [2.75, 3.05) is 6.54 Å². The van der Waals surface area contributed by atoms with Gasteiger partial charge in [-0.2, -0.15) is 0 Å². The van der Waals surface area contributed by atoms with Gasteiger partial charge in [0, 0.05) is 12.5 Å². The molecule has 1 aliphatic heterocycles. The molecule has 2 unspecified atom stereocenters. The minimum atomic E-state index is -0.180. The molecule has 0 aliphatic carbocycles. The summed E-state index contributed by atoms with van der Waals surface area (Å²) >= 11 is 0. The Balaban J connectivity index is 2.24. The van der Waals surface area contributed by atoms with Gasteiger partial charge in [0.1, 0.15) is 0 Å². The molecule has 1 amide bonds. The summed E-state index contributed by atoms with van der Waals surface area (Å²) in [5, 5.41) is 3.27. The summed E-state index contributed by atoms with van der Waals surface area (Å²) in [7, 11) is 0. The molecule has 0 aromatic rings. The van der Waals surface area contributed by atoms with Gasteiger partial charge in [0.25, 0.3) is 0 Å². The lowest BCUT2D eigenvalue weighted by molar-refractivity contribution is -0.118. The lowest BCUT2D eigenvalue weighted by Crippen LogP contribution is -2.19. The van der Waals surface area contributed by atoms with E-state index in [9.17, 15) is 4.79 Å². The molecule has 0 aromatic carbocycles. The fourth-order valence-electron chi connectivity index (χ4n) is 1.47. The number of carbonyl (C=O) groups is 1. The number of hydrogen-bond donors (Lipinski definition) is 2. The van der Waals surface area contributed by atoms with Crippen molar-refractivity contribution in [1.29, 1.82) is 0 Å². The van der Waals surface area contributed by atoms with Crippen molar-refractivity contribution < 1.29 is 4.79 Å². The molecule has 0 spiro atoms. The van der Waals surface area contributed by atoms with E-state index in [2.05, 4.69) is 12.2 Å². The molecule has 0 aromatic heterocycles. The Morgan fingerprint density at radius 3 is 2.90 bits per heavy atom. The first-order valence-corrected chi connectivity index (χ1v) is 3.70. The third-order valence-electron chi connectivity index (χ3n) is 1.93. The van der Waals surface area contributed by atoms with Gasteiger partial charge in [-0.1, -0.05) is 0 Å². The molecule has 2 atom stereocenters. The van der Waals surface area contributed by atoms with Crippen LogP contribution in [0.4, 0.5) is 0 Å². The first-order valence-electron chi connectivity index (χ1n) is 3.70. The Morgan fingerprint density at radius 2 is 2.50 bits per heavy atom. The monoisotopic (exact) mass is 142 g/mol. The van der Waals surface area contributed by atoms with Gasteiger partial charge in [-0.05, 0) is 25.8 Å². The van der Waals surface area contributed by atoms with Crippen LogP contribution in [-0.2, 0) is 4.79 Å². The lowest BCUT2D eigenvalue weighted by atomic mass is 10.0. The van der Waals surface area contributed by atoms with Crippen LogP contribution in [0.5, 0.6) is 0 Å². The fourth-order valence-corrected chi connectivity index (χ4v) is 1.47. The Kier molecular flexibility index (Phi) is 2.27. The molecule has 0 radical (unpaired) electrons. The standard InChI is InChI=1S/C7H14N2O/c1-5-2-6(4-9-5)3-7(8)10/h5-6,9H,2-4H2,1H3,(H2,8,10). The van der Waals surface area contributed by atoms with Crippen LogP contribution in [0.2, 0.25) is 0 Å². The summed E-state index contributed by atoms with van der Waals surface area (Å²) in [5.74, 6) is 0.299.